The first-order chi connectivity index (χ1) is 8.24. The predicted molar refractivity (Wildman–Crippen MR) is 72.4 cm³/mol. The van der Waals surface area contributed by atoms with Crippen LogP contribution < -0.4 is 5.32 Å². The molecule has 0 aliphatic carbocycles. The fourth-order valence-electron chi connectivity index (χ4n) is 1.33. The van der Waals surface area contributed by atoms with Crippen molar-refractivity contribution >= 4 is 25.4 Å². The first kappa shape index (κ1) is 15.0. The van der Waals surface area contributed by atoms with Crippen molar-refractivity contribution in [3.05, 3.63) is 24.3 Å². The second-order valence-electron chi connectivity index (χ2n) is 3.98. The summed E-state index contributed by atoms with van der Waals surface area (Å²) >= 11 is 0. The largest absolute Gasteiger partial charge is 0.384 e. The molecule has 102 valence electrons. The van der Waals surface area contributed by atoms with Crippen LogP contribution in [-0.2, 0) is 19.7 Å². The van der Waals surface area contributed by atoms with Crippen LogP contribution in [0, 0.1) is 0 Å². The number of benzene rings is 1. The molecule has 0 heterocycles. The van der Waals surface area contributed by atoms with Crippen LogP contribution in [0.5, 0.6) is 0 Å². The van der Waals surface area contributed by atoms with Gasteiger partial charge in [0.25, 0.3) is 0 Å². The van der Waals surface area contributed by atoms with E-state index in [-0.39, 0.29) is 16.4 Å². The molecule has 0 spiro atoms. The third-order valence-electron chi connectivity index (χ3n) is 2.40. The zero-order valence-corrected chi connectivity index (χ0v) is 12.0. The van der Waals surface area contributed by atoms with E-state index in [1.165, 1.54) is 18.4 Å². The Morgan fingerprint density at radius 3 is 2.06 bits per heavy atom. The van der Waals surface area contributed by atoms with E-state index in [0.29, 0.717) is 12.2 Å². The molecule has 1 aromatic carbocycles. The first-order valence-electron chi connectivity index (χ1n) is 5.49. The molecule has 0 aliphatic heterocycles. The molecule has 1 aromatic rings. The summed E-state index contributed by atoms with van der Waals surface area (Å²) in [5, 5.41) is 2.92. The highest BCUT2D eigenvalue weighted by Crippen LogP contribution is 2.15. The zero-order chi connectivity index (χ0) is 13.8. The smallest absolute Gasteiger partial charge is 0.178 e. The third-order valence-corrected chi connectivity index (χ3v) is 5.09. The van der Waals surface area contributed by atoms with Gasteiger partial charge in [-0.2, -0.15) is 0 Å². The normalized spacial score (nSPS) is 12.3. The van der Waals surface area contributed by atoms with E-state index in [1.54, 1.807) is 19.1 Å². The quantitative estimate of drug-likeness (QED) is 0.843. The van der Waals surface area contributed by atoms with Gasteiger partial charge in [-0.1, -0.05) is 6.92 Å². The van der Waals surface area contributed by atoms with E-state index in [2.05, 4.69) is 5.32 Å². The van der Waals surface area contributed by atoms with E-state index in [0.717, 1.165) is 0 Å². The van der Waals surface area contributed by atoms with Crippen molar-refractivity contribution in [1.29, 1.82) is 0 Å². The first-order valence-corrected chi connectivity index (χ1v) is 9.20. The molecule has 0 bridgehead atoms. The van der Waals surface area contributed by atoms with Gasteiger partial charge in [0.05, 0.1) is 16.4 Å². The standard InChI is InChI=1S/C11H17NO4S2/c1-3-18(15,16)11-6-4-10(5-7-11)12-8-9-17(2,13)14/h4-7,12H,3,8-9H2,1-2H3. The Hall–Kier alpha value is -1.08. The van der Waals surface area contributed by atoms with E-state index in [1.807, 2.05) is 0 Å². The summed E-state index contributed by atoms with van der Waals surface area (Å²) in [7, 11) is -6.17. The Morgan fingerprint density at radius 1 is 1.06 bits per heavy atom. The monoisotopic (exact) mass is 291 g/mol. The molecule has 0 saturated carbocycles. The molecule has 5 nitrogen and oxygen atoms in total. The summed E-state index contributed by atoms with van der Waals surface area (Å²) in [6.07, 6.45) is 1.17. The van der Waals surface area contributed by atoms with Crippen molar-refractivity contribution in [2.75, 3.05) is 29.6 Å². The maximum atomic E-state index is 11.6. The van der Waals surface area contributed by atoms with Gasteiger partial charge in [-0.25, -0.2) is 16.8 Å². The van der Waals surface area contributed by atoms with Gasteiger partial charge in [-0.05, 0) is 24.3 Å². The molecule has 1 rings (SSSR count). The maximum Gasteiger partial charge on any atom is 0.178 e. The molecule has 1 N–H and O–H groups in total. The SMILES string of the molecule is CCS(=O)(=O)c1ccc(NCCS(C)(=O)=O)cc1. The molecule has 0 aromatic heterocycles. The van der Waals surface area contributed by atoms with Gasteiger partial charge in [0.15, 0.2) is 9.84 Å². The molecule has 0 atom stereocenters. The van der Waals surface area contributed by atoms with Crippen LogP contribution in [0.1, 0.15) is 6.92 Å². The lowest BCUT2D eigenvalue weighted by atomic mass is 10.3. The van der Waals surface area contributed by atoms with Crippen LogP contribution in [-0.4, -0.2) is 41.1 Å². The Morgan fingerprint density at radius 2 is 1.61 bits per heavy atom. The molecule has 18 heavy (non-hydrogen) atoms. The fraction of sp³-hybridized carbons (Fsp3) is 0.455. The summed E-state index contributed by atoms with van der Waals surface area (Å²) in [5.41, 5.74) is 0.703. The Bertz CT molecular complexity index is 588. The highest BCUT2D eigenvalue weighted by atomic mass is 32.2. The molecule has 0 radical (unpaired) electrons. The average molecular weight is 291 g/mol. The number of hydrogen-bond donors (Lipinski definition) is 1. The van der Waals surface area contributed by atoms with Crippen LogP contribution in [0.15, 0.2) is 29.2 Å². The number of rotatable bonds is 6. The molecule has 0 amide bonds. The van der Waals surface area contributed by atoms with E-state index >= 15 is 0 Å². The Balaban J connectivity index is 2.67. The fourth-order valence-corrected chi connectivity index (χ4v) is 2.68. The van der Waals surface area contributed by atoms with Gasteiger partial charge >= 0.3 is 0 Å². The van der Waals surface area contributed by atoms with Crippen molar-refractivity contribution in [3.8, 4) is 0 Å². The average Bonchev–Trinajstić information content (AvgIpc) is 2.28. The van der Waals surface area contributed by atoms with Crippen molar-refractivity contribution in [1.82, 2.24) is 0 Å². The summed E-state index contributed by atoms with van der Waals surface area (Å²) < 4.78 is 45.0. The minimum Gasteiger partial charge on any atom is -0.384 e. The number of hydrogen-bond acceptors (Lipinski definition) is 5. The Labute approximate surface area is 108 Å². The summed E-state index contributed by atoms with van der Waals surface area (Å²) in [6, 6.07) is 6.29. The number of sulfone groups is 2. The molecule has 0 aliphatic rings. The van der Waals surface area contributed by atoms with Crippen LogP contribution in [0.3, 0.4) is 0 Å². The topological polar surface area (TPSA) is 80.3 Å². The van der Waals surface area contributed by atoms with Crippen molar-refractivity contribution in [3.63, 3.8) is 0 Å². The highest BCUT2D eigenvalue weighted by Gasteiger charge is 2.10. The van der Waals surface area contributed by atoms with Gasteiger partial charge in [-0.15, -0.1) is 0 Å². The molecule has 0 fully saturated rings. The predicted octanol–water partition coefficient (Wildman–Crippen LogP) is 0.937. The van der Waals surface area contributed by atoms with Crippen molar-refractivity contribution in [2.24, 2.45) is 0 Å². The van der Waals surface area contributed by atoms with Gasteiger partial charge in [0.2, 0.25) is 0 Å². The van der Waals surface area contributed by atoms with Gasteiger partial charge in [-0.3, -0.25) is 0 Å². The van der Waals surface area contributed by atoms with Crippen molar-refractivity contribution < 1.29 is 16.8 Å². The maximum absolute atomic E-state index is 11.6. The molecule has 0 unspecified atom stereocenters. The van der Waals surface area contributed by atoms with Gasteiger partial charge in [0.1, 0.15) is 9.84 Å². The van der Waals surface area contributed by atoms with Crippen molar-refractivity contribution in [2.45, 2.75) is 11.8 Å². The van der Waals surface area contributed by atoms with Gasteiger partial charge in [0, 0.05) is 18.5 Å². The third kappa shape index (κ3) is 4.66. The number of anilines is 1. The van der Waals surface area contributed by atoms with Crippen LogP contribution in [0.2, 0.25) is 0 Å². The van der Waals surface area contributed by atoms with Crippen LogP contribution in [0.4, 0.5) is 5.69 Å². The minimum absolute atomic E-state index is 0.0437. The van der Waals surface area contributed by atoms with Gasteiger partial charge < -0.3 is 5.32 Å². The second kappa shape index (κ2) is 5.71. The second-order valence-corrected chi connectivity index (χ2v) is 8.52. The highest BCUT2D eigenvalue weighted by molar-refractivity contribution is 7.91. The lowest BCUT2D eigenvalue weighted by Gasteiger charge is -2.06. The summed E-state index contributed by atoms with van der Waals surface area (Å²) in [5.74, 6) is 0.107. The lowest BCUT2D eigenvalue weighted by molar-refractivity contribution is 0.597. The summed E-state index contributed by atoms with van der Waals surface area (Å²) in [4.78, 5) is 0.277. The molecular weight excluding hydrogens is 274 g/mol. The summed E-state index contributed by atoms with van der Waals surface area (Å²) in [6.45, 7) is 1.90. The Kier molecular flexibility index (Phi) is 4.75. The van der Waals surface area contributed by atoms with E-state index < -0.39 is 19.7 Å². The van der Waals surface area contributed by atoms with E-state index in [4.69, 9.17) is 0 Å². The van der Waals surface area contributed by atoms with Crippen LogP contribution in [0.25, 0.3) is 0 Å². The van der Waals surface area contributed by atoms with E-state index in [9.17, 15) is 16.8 Å². The minimum atomic E-state index is -3.18. The lowest BCUT2D eigenvalue weighted by Crippen LogP contribution is -2.14. The van der Waals surface area contributed by atoms with Crippen LogP contribution >= 0.6 is 0 Å². The zero-order valence-electron chi connectivity index (χ0n) is 10.4. The number of nitrogens with one attached hydrogen (secondary N) is 1. The molecular formula is C11H17NO4S2. The molecule has 7 heteroatoms. The molecule has 0 saturated heterocycles.